The molecule has 0 aliphatic carbocycles. The molecule has 30 heavy (non-hydrogen) atoms. The number of rotatable bonds is 8. The van der Waals surface area contributed by atoms with Gasteiger partial charge in [-0.15, -0.1) is 0 Å². The minimum Gasteiger partial charge on any atom is -0.486 e. The van der Waals surface area contributed by atoms with Gasteiger partial charge in [-0.25, -0.2) is 0 Å². The van der Waals surface area contributed by atoms with Crippen molar-refractivity contribution in [3.05, 3.63) is 35.2 Å². The third-order valence-corrected chi connectivity index (χ3v) is 5.81. The second kappa shape index (κ2) is 9.15. The van der Waals surface area contributed by atoms with E-state index in [1.165, 1.54) is 5.69 Å². The van der Waals surface area contributed by atoms with Crippen LogP contribution in [0.2, 0.25) is 0 Å². The first kappa shape index (κ1) is 22.3. The lowest BCUT2D eigenvalue weighted by molar-refractivity contribution is 0.1000. The van der Waals surface area contributed by atoms with Crippen LogP contribution in [-0.2, 0) is 13.0 Å². The van der Waals surface area contributed by atoms with Gasteiger partial charge in [-0.2, -0.15) is 0 Å². The summed E-state index contributed by atoms with van der Waals surface area (Å²) >= 11 is 0. The van der Waals surface area contributed by atoms with Crippen LogP contribution >= 0.6 is 0 Å². The maximum Gasteiger partial charge on any atom is 0.251 e. The Kier molecular flexibility index (Phi) is 6.79. The minimum atomic E-state index is -0.372. The Morgan fingerprint density at radius 3 is 2.47 bits per heavy atom. The van der Waals surface area contributed by atoms with E-state index >= 15 is 0 Å². The molecule has 0 spiro atoms. The smallest absolute Gasteiger partial charge is 0.251 e. The van der Waals surface area contributed by atoms with Crippen LogP contribution in [0.1, 0.15) is 75.1 Å². The standard InChI is InChI=1S/C25H36N2O3/c1-6-7-8-9-19-23(18-10-11-20-21(16-18)30-15-14-29-20)22(24(26)28)17(2)27(19)13-12-25(3,4)5/h10-11,16H,6-9,12-15H2,1-5H3,(H2,26,28). The van der Waals surface area contributed by atoms with Gasteiger partial charge in [0.2, 0.25) is 0 Å². The Bertz CT molecular complexity index is 906. The molecule has 0 saturated carbocycles. The summed E-state index contributed by atoms with van der Waals surface area (Å²) in [5.41, 5.74) is 10.8. The molecular formula is C25H36N2O3. The molecule has 0 fully saturated rings. The molecule has 1 aromatic heterocycles. The highest BCUT2D eigenvalue weighted by Crippen LogP contribution is 2.40. The number of ether oxygens (including phenoxy) is 2. The van der Waals surface area contributed by atoms with Crippen molar-refractivity contribution in [2.75, 3.05) is 13.2 Å². The highest BCUT2D eigenvalue weighted by molar-refractivity contribution is 6.02. The summed E-state index contributed by atoms with van der Waals surface area (Å²) < 4.78 is 13.8. The molecule has 0 bridgehead atoms. The number of fused-ring (bicyclic) bond motifs is 1. The number of carbonyl (C=O) groups excluding carboxylic acids is 1. The summed E-state index contributed by atoms with van der Waals surface area (Å²) in [5, 5.41) is 0. The second-order valence-electron chi connectivity index (χ2n) is 9.42. The number of unbranched alkanes of at least 4 members (excludes halogenated alkanes) is 2. The molecule has 2 aromatic rings. The summed E-state index contributed by atoms with van der Waals surface area (Å²) in [5.74, 6) is 1.11. The van der Waals surface area contributed by atoms with E-state index < -0.39 is 0 Å². The number of hydrogen-bond acceptors (Lipinski definition) is 3. The average Bonchev–Trinajstić information content (AvgIpc) is 2.97. The summed E-state index contributed by atoms with van der Waals surface area (Å²) in [7, 11) is 0. The molecule has 0 atom stereocenters. The van der Waals surface area contributed by atoms with E-state index in [4.69, 9.17) is 15.2 Å². The number of carbonyl (C=O) groups is 1. The number of hydrogen-bond donors (Lipinski definition) is 1. The molecule has 1 aliphatic rings. The zero-order valence-electron chi connectivity index (χ0n) is 19.1. The van der Waals surface area contributed by atoms with Crippen molar-refractivity contribution < 1.29 is 14.3 Å². The average molecular weight is 413 g/mol. The van der Waals surface area contributed by atoms with E-state index in [0.717, 1.165) is 67.0 Å². The van der Waals surface area contributed by atoms with Crippen LogP contribution in [0.25, 0.3) is 11.1 Å². The van der Waals surface area contributed by atoms with E-state index in [1.807, 2.05) is 25.1 Å². The van der Waals surface area contributed by atoms with Gasteiger partial charge in [0.25, 0.3) is 5.91 Å². The molecule has 1 amide bonds. The largest absolute Gasteiger partial charge is 0.486 e. The van der Waals surface area contributed by atoms with Crippen molar-refractivity contribution in [1.29, 1.82) is 0 Å². The van der Waals surface area contributed by atoms with Gasteiger partial charge >= 0.3 is 0 Å². The summed E-state index contributed by atoms with van der Waals surface area (Å²) in [6.07, 6.45) is 5.36. The number of nitrogens with two attached hydrogens (primary N) is 1. The van der Waals surface area contributed by atoms with Crippen molar-refractivity contribution in [2.24, 2.45) is 11.1 Å². The number of primary amides is 1. The van der Waals surface area contributed by atoms with Crippen LogP contribution in [-0.4, -0.2) is 23.7 Å². The second-order valence-corrected chi connectivity index (χ2v) is 9.42. The van der Waals surface area contributed by atoms with Crippen LogP contribution in [0, 0.1) is 12.3 Å². The van der Waals surface area contributed by atoms with Gasteiger partial charge in [-0.1, -0.05) is 46.6 Å². The molecule has 5 nitrogen and oxygen atoms in total. The van der Waals surface area contributed by atoms with Gasteiger partial charge in [0.05, 0.1) is 5.56 Å². The minimum absolute atomic E-state index is 0.210. The Balaban J connectivity index is 2.14. The van der Waals surface area contributed by atoms with Gasteiger partial charge < -0.3 is 19.8 Å². The molecule has 0 unspecified atom stereocenters. The maximum absolute atomic E-state index is 12.6. The summed E-state index contributed by atoms with van der Waals surface area (Å²) in [4.78, 5) is 12.6. The van der Waals surface area contributed by atoms with E-state index in [0.29, 0.717) is 18.8 Å². The van der Waals surface area contributed by atoms with Gasteiger partial charge in [0, 0.05) is 23.5 Å². The van der Waals surface area contributed by atoms with Crippen LogP contribution in [0.4, 0.5) is 0 Å². The van der Waals surface area contributed by atoms with Crippen LogP contribution in [0.5, 0.6) is 11.5 Å². The fourth-order valence-corrected chi connectivity index (χ4v) is 4.16. The molecular weight excluding hydrogens is 376 g/mol. The number of benzene rings is 1. The number of aromatic nitrogens is 1. The first-order valence-corrected chi connectivity index (χ1v) is 11.1. The van der Waals surface area contributed by atoms with E-state index in [1.54, 1.807) is 0 Å². The van der Waals surface area contributed by atoms with Crippen molar-refractivity contribution in [1.82, 2.24) is 4.57 Å². The Morgan fingerprint density at radius 1 is 1.13 bits per heavy atom. The Labute approximate surface area is 180 Å². The van der Waals surface area contributed by atoms with Gasteiger partial charge in [0.15, 0.2) is 11.5 Å². The highest BCUT2D eigenvalue weighted by Gasteiger charge is 2.26. The van der Waals surface area contributed by atoms with Gasteiger partial charge in [-0.3, -0.25) is 4.79 Å². The first-order valence-electron chi connectivity index (χ1n) is 11.1. The lowest BCUT2D eigenvalue weighted by Crippen LogP contribution is -2.15. The third kappa shape index (κ3) is 4.82. The normalized spacial score (nSPS) is 13.5. The molecule has 0 saturated heterocycles. The van der Waals surface area contributed by atoms with Crippen molar-refractivity contribution in [2.45, 2.75) is 73.3 Å². The van der Waals surface area contributed by atoms with Gasteiger partial charge in [-0.05, 0) is 49.3 Å². The topological polar surface area (TPSA) is 66.5 Å². The number of amides is 1. The molecule has 164 valence electrons. The molecule has 1 aliphatic heterocycles. The lowest BCUT2D eigenvalue weighted by atomic mass is 9.92. The zero-order chi connectivity index (χ0) is 21.9. The lowest BCUT2D eigenvalue weighted by Gasteiger charge is -2.21. The molecule has 3 rings (SSSR count). The van der Waals surface area contributed by atoms with Crippen molar-refractivity contribution >= 4 is 5.91 Å². The molecule has 1 aromatic carbocycles. The molecule has 0 radical (unpaired) electrons. The Hall–Kier alpha value is -2.43. The first-order chi connectivity index (χ1) is 14.2. The maximum atomic E-state index is 12.6. The van der Waals surface area contributed by atoms with Crippen LogP contribution in [0.3, 0.4) is 0 Å². The van der Waals surface area contributed by atoms with Crippen molar-refractivity contribution in [3.63, 3.8) is 0 Å². The van der Waals surface area contributed by atoms with E-state index in [2.05, 4.69) is 32.3 Å². The van der Waals surface area contributed by atoms with Crippen LogP contribution < -0.4 is 15.2 Å². The SMILES string of the molecule is CCCCCc1c(-c2ccc3c(c2)OCCO3)c(C(N)=O)c(C)n1CCC(C)(C)C. The highest BCUT2D eigenvalue weighted by atomic mass is 16.6. The molecule has 2 heterocycles. The molecule has 2 N–H and O–H groups in total. The molecule has 5 heteroatoms. The van der Waals surface area contributed by atoms with Crippen molar-refractivity contribution in [3.8, 4) is 22.6 Å². The zero-order valence-corrected chi connectivity index (χ0v) is 19.1. The third-order valence-electron chi connectivity index (χ3n) is 5.81. The quantitative estimate of drug-likeness (QED) is 0.582. The van der Waals surface area contributed by atoms with E-state index in [-0.39, 0.29) is 11.3 Å². The van der Waals surface area contributed by atoms with E-state index in [9.17, 15) is 4.79 Å². The number of nitrogens with zero attached hydrogens (tertiary/aromatic N) is 1. The predicted octanol–water partition coefficient (Wildman–Crippen LogP) is 5.50. The van der Waals surface area contributed by atoms with Crippen LogP contribution in [0.15, 0.2) is 18.2 Å². The fourth-order valence-electron chi connectivity index (χ4n) is 4.16. The fraction of sp³-hybridized carbons (Fsp3) is 0.560. The predicted molar refractivity (Wildman–Crippen MR) is 121 cm³/mol. The monoisotopic (exact) mass is 412 g/mol. The Morgan fingerprint density at radius 2 is 1.83 bits per heavy atom. The summed E-state index contributed by atoms with van der Waals surface area (Å²) in [6, 6.07) is 5.95. The summed E-state index contributed by atoms with van der Waals surface area (Å²) in [6.45, 7) is 12.9. The van der Waals surface area contributed by atoms with Gasteiger partial charge in [0.1, 0.15) is 13.2 Å².